The summed E-state index contributed by atoms with van der Waals surface area (Å²) in [6, 6.07) is 26.6. The van der Waals surface area contributed by atoms with Crippen molar-refractivity contribution >= 4 is 120 Å². The first-order valence-corrected chi connectivity index (χ1v) is 32.6. The molecule has 7 aromatic carbocycles. The van der Waals surface area contributed by atoms with Crippen LogP contribution in [0.15, 0.2) is 118 Å². The highest BCUT2D eigenvalue weighted by Crippen LogP contribution is 2.42. The van der Waals surface area contributed by atoms with Gasteiger partial charge in [-0.25, -0.2) is 9.59 Å². The number of aryl methyl sites for hydroxylation is 1. The Morgan fingerprint density at radius 1 is 0.420 bits per heavy atom. The van der Waals surface area contributed by atoms with Gasteiger partial charge in [-0.2, -0.15) is 0 Å². The van der Waals surface area contributed by atoms with E-state index in [1.807, 2.05) is 48.5 Å². The summed E-state index contributed by atoms with van der Waals surface area (Å²) in [7, 11) is 1.65. The van der Waals surface area contributed by atoms with Gasteiger partial charge in [-0.15, -0.1) is 0 Å². The van der Waals surface area contributed by atoms with Gasteiger partial charge in [0.15, 0.2) is 35.6 Å². The molecule has 88 heavy (non-hydrogen) atoms. The Morgan fingerprint density at radius 2 is 0.875 bits per heavy atom. The number of hydrogen-bond donors (Lipinski definition) is 6. The standard InChI is InChI=1S/3C10H9BrO3.C10H10O3.2C9H9BrO2.C7H7BrO/c11-6-4-8(10(12)13)7-2-1-3-14-9(7)5-6;11-8-4-9(13)6-2-1-3-14-10(6)7(8)5-12;11-8-4-9(13)10-6(7(8)5-12)2-1-3-14-10;11-10(12)8-3-1-5-9-7(8)4-2-6-13-9;10-6-4-8(11)7-2-1-3-12-9(7)5-6;10-7-4-6-2-1-3-12-9(6)8(11)5-7;1-9-7-4-2-3-6(8)5-7/h4-5H,1-3H2,(H,12,13);2*4-5,13H,1-3H2;1,3,5H,2,4,6H2,(H,11,12);2*4-5,11H,1-3H2;2-5H,1H3. The van der Waals surface area contributed by atoms with Crippen molar-refractivity contribution in [3.8, 4) is 63.2 Å². The van der Waals surface area contributed by atoms with Crippen molar-refractivity contribution in [2.75, 3.05) is 46.8 Å². The number of rotatable bonds is 5. The predicted molar refractivity (Wildman–Crippen MR) is 352 cm³/mol. The van der Waals surface area contributed by atoms with E-state index in [4.69, 9.17) is 43.4 Å². The third-order valence-electron chi connectivity index (χ3n) is 14.0. The quantitative estimate of drug-likeness (QED) is 0.0876. The van der Waals surface area contributed by atoms with E-state index < -0.39 is 11.9 Å². The number of aldehydes is 2. The van der Waals surface area contributed by atoms with Crippen LogP contribution in [-0.4, -0.2) is 102 Å². The van der Waals surface area contributed by atoms with Gasteiger partial charge in [-0.05, 0) is 193 Å². The van der Waals surface area contributed by atoms with E-state index >= 15 is 0 Å². The van der Waals surface area contributed by atoms with Crippen molar-refractivity contribution in [1.29, 1.82) is 0 Å². The summed E-state index contributed by atoms with van der Waals surface area (Å²) in [5.74, 6) is 3.85. The Balaban J connectivity index is 0.000000147. The number of aromatic hydroxyl groups is 4. The van der Waals surface area contributed by atoms with Crippen LogP contribution in [0.1, 0.15) is 113 Å². The van der Waals surface area contributed by atoms with Crippen molar-refractivity contribution in [3.63, 3.8) is 0 Å². The van der Waals surface area contributed by atoms with E-state index in [1.54, 1.807) is 37.4 Å². The molecular formula is C65H62Br6O17. The zero-order chi connectivity index (χ0) is 63.4. The molecule has 7 aromatic rings. The van der Waals surface area contributed by atoms with Gasteiger partial charge in [-0.1, -0.05) is 75.9 Å². The van der Waals surface area contributed by atoms with E-state index in [-0.39, 0.29) is 17.2 Å². The highest BCUT2D eigenvalue weighted by Gasteiger charge is 2.24. The molecule has 6 N–H and O–H groups in total. The lowest BCUT2D eigenvalue weighted by atomic mass is 10.0. The maximum Gasteiger partial charge on any atom is 0.336 e. The summed E-state index contributed by atoms with van der Waals surface area (Å²) in [6.07, 6.45) is 12.1. The van der Waals surface area contributed by atoms with Crippen LogP contribution >= 0.6 is 95.6 Å². The number of benzene rings is 7. The number of ether oxygens (including phenoxy) is 7. The molecule has 0 aromatic heterocycles. The van der Waals surface area contributed by atoms with Crippen LogP contribution < -0.4 is 33.2 Å². The highest BCUT2D eigenvalue weighted by molar-refractivity contribution is 9.11. The van der Waals surface area contributed by atoms with Crippen LogP contribution in [0, 0.1) is 0 Å². The van der Waals surface area contributed by atoms with Gasteiger partial charge in [0.1, 0.15) is 40.2 Å². The Kier molecular flexibility index (Phi) is 26.6. The first-order valence-electron chi connectivity index (χ1n) is 27.8. The molecule has 6 heterocycles. The molecule has 6 aliphatic heterocycles. The molecule has 0 fully saturated rings. The molecule has 0 aliphatic carbocycles. The summed E-state index contributed by atoms with van der Waals surface area (Å²) in [4.78, 5) is 43.4. The van der Waals surface area contributed by atoms with Crippen LogP contribution in [0.5, 0.6) is 63.2 Å². The van der Waals surface area contributed by atoms with Crippen molar-refractivity contribution in [2.24, 2.45) is 0 Å². The first-order chi connectivity index (χ1) is 42.3. The van der Waals surface area contributed by atoms with Crippen LogP contribution in [0.25, 0.3) is 0 Å². The fourth-order valence-corrected chi connectivity index (χ4v) is 12.7. The molecule has 23 heteroatoms. The maximum absolute atomic E-state index is 10.9. The minimum Gasteiger partial charge on any atom is -0.507 e. The third-order valence-corrected chi connectivity index (χ3v) is 17.1. The smallest absolute Gasteiger partial charge is 0.336 e. The second kappa shape index (κ2) is 33.9. The van der Waals surface area contributed by atoms with E-state index in [1.165, 1.54) is 12.1 Å². The molecule has 13 rings (SSSR count). The molecule has 6 aliphatic rings. The summed E-state index contributed by atoms with van der Waals surface area (Å²) < 4.78 is 41.9. The molecule has 0 radical (unpaired) electrons. The largest absolute Gasteiger partial charge is 0.507 e. The predicted octanol–water partition coefficient (Wildman–Crippen LogP) is 16.2. The SMILES string of the molecule is COc1cccc(Br)c1.O=C(O)c1cc(Br)cc2c1CCCO2.O=C(O)c1cccc2c1CCCO2.O=Cc1c(Br)cc(O)c2c1CCCO2.O=Cc1c(Br)cc(O)c2c1OCCC2.Oc1cc(Br)cc2c1CCCO2.Oc1cc(Br)cc2c1OCCC2. The van der Waals surface area contributed by atoms with Crippen LogP contribution in [0.3, 0.4) is 0 Å². The maximum atomic E-state index is 10.9. The first kappa shape index (κ1) is 69.0. The summed E-state index contributed by atoms with van der Waals surface area (Å²) in [6.45, 7) is 4.02. The van der Waals surface area contributed by atoms with Crippen LogP contribution in [0.4, 0.5) is 0 Å². The Hall–Kier alpha value is -6.50. The minimum atomic E-state index is -0.895. The normalized spacial score (nSPS) is 14.0. The van der Waals surface area contributed by atoms with Gasteiger partial charge in [0.05, 0.1) is 63.4 Å². The number of halogens is 6. The summed E-state index contributed by atoms with van der Waals surface area (Å²) in [5, 5.41) is 56.1. The number of hydrogen-bond acceptors (Lipinski definition) is 15. The molecular weight excluding hydrogens is 1530 g/mol. The number of methoxy groups -OCH3 is 1. The van der Waals surface area contributed by atoms with Crippen LogP contribution in [-0.2, 0) is 38.5 Å². The fraction of sp³-hybridized carbons (Fsp3) is 0.292. The highest BCUT2D eigenvalue weighted by atomic mass is 79.9. The molecule has 466 valence electrons. The molecule has 0 amide bonds. The lowest BCUT2D eigenvalue weighted by Crippen LogP contribution is -2.13. The zero-order valence-electron chi connectivity index (χ0n) is 47.5. The number of carboxylic acid groups (broad SMARTS) is 2. The van der Waals surface area contributed by atoms with Crippen LogP contribution in [0.2, 0.25) is 0 Å². The van der Waals surface area contributed by atoms with Crippen molar-refractivity contribution in [1.82, 2.24) is 0 Å². The third kappa shape index (κ3) is 18.8. The Morgan fingerprint density at radius 3 is 1.48 bits per heavy atom. The molecule has 0 saturated heterocycles. The second-order valence-electron chi connectivity index (χ2n) is 19.9. The van der Waals surface area contributed by atoms with Crippen molar-refractivity contribution in [2.45, 2.75) is 77.0 Å². The molecule has 0 bridgehead atoms. The van der Waals surface area contributed by atoms with E-state index in [2.05, 4.69) is 95.6 Å². The summed E-state index contributed by atoms with van der Waals surface area (Å²) in [5.41, 5.74) is 6.99. The molecule has 0 saturated carbocycles. The number of carbonyl (C=O) groups excluding carboxylic acids is 2. The van der Waals surface area contributed by atoms with Gasteiger partial charge >= 0.3 is 11.9 Å². The lowest BCUT2D eigenvalue weighted by molar-refractivity contribution is 0.0683. The molecule has 0 spiro atoms. The van der Waals surface area contributed by atoms with Gasteiger partial charge in [0.25, 0.3) is 0 Å². The number of phenolic OH excluding ortho intramolecular Hbond substituents is 4. The number of aromatic carboxylic acids is 2. The zero-order valence-corrected chi connectivity index (χ0v) is 57.0. The molecule has 0 atom stereocenters. The van der Waals surface area contributed by atoms with Crippen molar-refractivity contribution < 1.29 is 83.0 Å². The number of carboxylic acids is 2. The van der Waals surface area contributed by atoms with E-state index in [0.29, 0.717) is 93.0 Å². The average Bonchev–Trinajstić information content (AvgIpc) is 2.90. The second-order valence-corrected chi connectivity index (χ2v) is 25.3. The van der Waals surface area contributed by atoms with E-state index in [0.717, 1.165) is 165 Å². The molecule has 17 nitrogen and oxygen atoms in total. The minimum absolute atomic E-state index is 0.0946. The monoisotopic (exact) mass is 1590 g/mol. The Labute approximate surface area is 559 Å². The van der Waals surface area contributed by atoms with Crippen molar-refractivity contribution in [3.05, 3.63) is 173 Å². The van der Waals surface area contributed by atoms with E-state index in [9.17, 15) is 39.6 Å². The number of phenols is 4. The number of fused-ring (bicyclic) bond motifs is 6. The lowest BCUT2D eigenvalue weighted by Gasteiger charge is -2.20. The fourth-order valence-electron chi connectivity index (χ4n) is 9.89. The Bertz CT molecular complexity index is 3490. The number of carbonyl (C=O) groups is 4. The topological polar surface area (TPSA) is 254 Å². The van der Waals surface area contributed by atoms with Gasteiger partial charge in [-0.3, -0.25) is 9.59 Å². The van der Waals surface area contributed by atoms with Gasteiger partial charge in [0.2, 0.25) is 0 Å². The average molecular weight is 1590 g/mol. The molecule has 0 unspecified atom stereocenters. The summed E-state index contributed by atoms with van der Waals surface area (Å²) >= 11 is 19.7. The van der Waals surface area contributed by atoms with Gasteiger partial charge in [0, 0.05) is 60.2 Å². The van der Waals surface area contributed by atoms with Gasteiger partial charge < -0.3 is 63.8 Å².